The lowest BCUT2D eigenvalue weighted by Gasteiger charge is -2.24. The number of non-ortho nitro benzene ring substituents is 1. The van der Waals surface area contributed by atoms with Gasteiger partial charge in [-0.25, -0.2) is 9.97 Å². The normalized spacial score (nSPS) is 16.3. The van der Waals surface area contributed by atoms with Crippen molar-refractivity contribution >= 4 is 5.69 Å². The molecule has 1 unspecified atom stereocenters. The molecule has 1 heterocycles. The van der Waals surface area contributed by atoms with Crippen LogP contribution in [0.2, 0.25) is 0 Å². The van der Waals surface area contributed by atoms with Gasteiger partial charge in [-0.15, -0.1) is 0 Å². The SMILES string of the molecule is CCCCCCCC1CCc2nc(-c3ccc([N+](=O)[O-])cc3)ncc2C1. The van der Waals surface area contributed by atoms with Gasteiger partial charge in [0.2, 0.25) is 0 Å². The van der Waals surface area contributed by atoms with Crippen LogP contribution in [0.25, 0.3) is 11.4 Å². The van der Waals surface area contributed by atoms with Crippen molar-refractivity contribution in [3.05, 3.63) is 51.8 Å². The first-order chi connectivity index (χ1) is 12.7. The van der Waals surface area contributed by atoms with E-state index in [-0.39, 0.29) is 10.6 Å². The van der Waals surface area contributed by atoms with Crippen molar-refractivity contribution in [1.29, 1.82) is 0 Å². The van der Waals surface area contributed by atoms with Crippen molar-refractivity contribution in [3.63, 3.8) is 0 Å². The van der Waals surface area contributed by atoms with E-state index in [1.165, 1.54) is 62.6 Å². The minimum absolute atomic E-state index is 0.0912. The number of rotatable bonds is 8. The van der Waals surface area contributed by atoms with Crippen LogP contribution < -0.4 is 0 Å². The molecular formula is C21H27N3O2. The third-order valence-electron chi connectivity index (χ3n) is 5.30. The summed E-state index contributed by atoms with van der Waals surface area (Å²) in [5, 5.41) is 10.8. The van der Waals surface area contributed by atoms with Crippen LogP contribution in [-0.4, -0.2) is 14.9 Å². The standard InChI is InChI=1S/C21H27N3O2/c1-2-3-4-5-6-7-16-8-13-20-18(14-16)15-22-21(23-20)17-9-11-19(12-10-17)24(25)26/h9-12,15-16H,2-8,13-14H2,1H3. The molecule has 1 aromatic carbocycles. The first kappa shape index (κ1) is 18.5. The molecule has 5 nitrogen and oxygen atoms in total. The summed E-state index contributed by atoms with van der Waals surface area (Å²) in [5.74, 6) is 1.43. The van der Waals surface area contributed by atoms with E-state index in [2.05, 4.69) is 11.9 Å². The van der Waals surface area contributed by atoms with Crippen molar-refractivity contribution in [2.24, 2.45) is 5.92 Å². The first-order valence-electron chi connectivity index (χ1n) is 9.77. The molecule has 3 rings (SSSR count). The molecular weight excluding hydrogens is 326 g/mol. The minimum atomic E-state index is -0.389. The maximum absolute atomic E-state index is 10.8. The Kier molecular flexibility index (Phi) is 6.31. The molecule has 0 N–H and O–H groups in total. The fourth-order valence-corrected chi connectivity index (χ4v) is 3.74. The van der Waals surface area contributed by atoms with E-state index in [1.807, 2.05) is 6.20 Å². The second-order valence-corrected chi connectivity index (χ2v) is 7.28. The molecule has 1 aromatic heterocycles. The number of hydrogen-bond acceptors (Lipinski definition) is 4. The summed E-state index contributed by atoms with van der Waals surface area (Å²) in [6, 6.07) is 6.46. The zero-order chi connectivity index (χ0) is 18.4. The van der Waals surface area contributed by atoms with Crippen molar-refractivity contribution < 1.29 is 4.92 Å². The summed E-state index contributed by atoms with van der Waals surface area (Å²) in [4.78, 5) is 19.6. The summed E-state index contributed by atoms with van der Waals surface area (Å²) in [7, 11) is 0. The Morgan fingerprint density at radius 1 is 1.15 bits per heavy atom. The molecule has 5 heteroatoms. The number of hydrogen-bond donors (Lipinski definition) is 0. The van der Waals surface area contributed by atoms with Gasteiger partial charge in [0, 0.05) is 29.6 Å². The van der Waals surface area contributed by atoms with Crippen LogP contribution in [0.5, 0.6) is 0 Å². The second-order valence-electron chi connectivity index (χ2n) is 7.28. The monoisotopic (exact) mass is 353 g/mol. The molecule has 0 fully saturated rings. The average Bonchev–Trinajstić information content (AvgIpc) is 2.67. The van der Waals surface area contributed by atoms with E-state index in [1.54, 1.807) is 12.1 Å². The summed E-state index contributed by atoms with van der Waals surface area (Å²) < 4.78 is 0. The predicted molar refractivity (Wildman–Crippen MR) is 103 cm³/mol. The summed E-state index contributed by atoms with van der Waals surface area (Å²) in [6.07, 6.45) is 13.3. The van der Waals surface area contributed by atoms with E-state index in [0.717, 1.165) is 30.0 Å². The number of aromatic nitrogens is 2. The van der Waals surface area contributed by atoms with Gasteiger partial charge in [-0.2, -0.15) is 0 Å². The van der Waals surface area contributed by atoms with E-state index in [4.69, 9.17) is 4.98 Å². The number of nitro benzene ring substituents is 1. The molecule has 0 saturated carbocycles. The number of nitro groups is 1. The van der Waals surface area contributed by atoms with Gasteiger partial charge in [0.25, 0.3) is 5.69 Å². The zero-order valence-electron chi connectivity index (χ0n) is 15.5. The van der Waals surface area contributed by atoms with E-state index < -0.39 is 0 Å². The highest BCUT2D eigenvalue weighted by atomic mass is 16.6. The van der Waals surface area contributed by atoms with E-state index in [0.29, 0.717) is 5.82 Å². The summed E-state index contributed by atoms with van der Waals surface area (Å²) in [5.41, 5.74) is 3.35. The highest BCUT2D eigenvalue weighted by Gasteiger charge is 2.20. The van der Waals surface area contributed by atoms with Gasteiger partial charge < -0.3 is 0 Å². The highest BCUT2D eigenvalue weighted by Crippen LogP contribution is 2.29. The van der Waals surface area contributed by atoms with Crippen molar-refractivity contribution in [3.8, 4) is 11.4 Å². The van der Waals surface area contributed by atoms with Gasteiger partial charge in [0.15, 0.2) is 5.82 Å². The van der Waals surface area contributed by atoms with Crippen LogP contribution in [0.4, 0.5) is 5.69 Å². The average molecular weight is 353 g/mol. The fourth-order valence-electron chi connectivity index (χ4n) is 3.74. The topological polar surface area (TPSA) is 68.9 Å². The summed E-state index contributed by atoms with van der Waals surface area (Å²) in [6.45, 7) is 2.25. The molecule has 1 aliphatic carbocycles. The molecule has 0 saturated heterocycles. The number of aryl methyl sites for hydroxylation is 1. The van der Waals surface area contributed by atoms with Crippen LogP contribution in [0.1, 0.15) is 63.1 Å². The highest BCUT2D eigenvalue weighted by molar-refractivity contribution is 5.57. The molecule has 0 spiro atoms. The molecule has 0 amide bonds. The Hall–Kier alpha value is -2.30. The lowest BCUT2D eigenvalue weighted by molar-refractivity contribution is -0.384. The summed E-state index contributed by atoms with van der Waals surface area (Å²) >= 11 is 0. The van der Waals surface area contributed by atoms with E-state index in [9.17, 15) is 10.1 Å². The lowest BCUT2D eigenvalue weighted by Crippen LogP contribution is -2.16. The van der Waals surface area contributed by atoms with Crippen LogP contribution in [0.3, 0.4) is 0 Å². The lowest BCUT2D eigenvalue weighted by atomic mass is 9.84. The second kappa shape index (κ2) is 8.88. The van der Waals surface area contributed by atoms with Crippen LogP contribution >= 0.6 is 0 Å². The number of benzene rings is 1. The van der Waals surface area contributed by atoms with Gasteiger partial charge >= 0.3 is 0 Å². The molecule has 2 aromatic rings. The van der Waals surface area contributed by atoms with Crippen LogP contribution in [-0.2, 0) is 12.8 Å². The van der Waals surface area contributed by atoms with Crippen LogP contribution in [0.15, 0.2) is 30.5 Å². The molecule has 0 bridgehead atoms. The van der Waals surface area contributed by atoms with Gasteiger partial charge in [-0.3, -0.25) is 10.1 Å². The predicted octanol–water partition coefficient (Wildman–Crippen LogP) is 5.52. The Labute approximate surface area is 155 Å². The molecule has 1 atom stereocenters. The molecule has 1 aliphatic rings. The van der Waals surface area contributed by atoms with Gasteiger partial charge in [-0.1, -0.05) is 45.4 Å². The maximum atomic E-state index is 10.8. The van der Waals surface area contributed by atoms with Gasteiger partial charge in [-0.05, 0) is 42.9 Å². The zero-order valence-corrected chi connectivity index (χ0v) is 15.5. The van der Waals surface area contributed by atoms with Crippen molar-refractivity contribution in [1.82, 2.24) is 9.97 Å². The number of unbranched alkanes of at least 4 members (excludes halogenated alkanes) is 4. The maximum Gasteiger partial charge on any atom is 0.269 e. The first-order valence-corrected chi connectivity index (χ1v) is 9.77. The smallest absolute Gasteiger partial charge is 0.258 e. The fraction of sp³-hybridized carbons (Fsp3) is 0.524. The van der Waals surface area contributed by atoms with Crippen LogP contribution in [0, 0.1) is 16.0 Å². The third-order valence-corrected chi connectivity index (χ3v) is 5.30. The Bertz CT molecular complexity index is 743. The minimum Gasteiger partial charge on any atom is -0.258 e. The van der Waals surface area contributed by atoms with E-state index >= 15 is 0 Å². The van der Waals surface area contributed by atoms with Gasteiger partial charge in [0.1, 0.15) is 0 Å². The number of fused-ring (bicyclic) bond motifs is 1. The Morgan fingerprint density at radius 3 is 2.65 bits per heavy atom. The Morgan fingerprint density at radius 2 is 1.92 bits per heavy atom. The van der Waals surface area contributed by atoms with Gasteiger partial charge in [0.05, 0.1) is 4.92 Å². The third kappa shape index (κ3) is 4.65. The molecule has 26 heavy (non-hydrogen) atoms. The number of nitrogens with zero attached hydrogens (tertiary/aromatic N) is 3. The molecule has 138 valence electrons. The Balaban J connectivity index is 1.61. The van der Waals surface area contributed by atoms with Crippen molar-refractivity contribution in [2.75, 3.05) is 0 Å². The quantitative estimate of drug-likeness (QED) is 0.356. The molecule has 0 aliphatic heterocycles. The van der Waals surface area contributed by atoms with Crippen molar-refractivity contribution in [2.45, 2.75) is 64.7 Å². The molecule has 0 radical (unpaired) electrons. The largest absolute Gasteiger partial charge is 0.269 e.